The zero-order valence-corrected chi connectivity index (χ0v) is 11.2. The zero-order chi connectivity index (χ0) is 13.2. The van der Waals surface area contributed by atoms with E-state index in [2.05, 4.69) is 4.98 Å². The second-order valence-corrected chi connectivity index (χ2v) is 5.19. The molecule has 0 aromatic carbocycles. The summed E-state index contributed by atoms with van der Waals surface area (Å²) in [6, 6.07) is 7.57. The quantitative estimate of drug-likeness (QED) is 0.736. The minimum atomic E-state index is 0.00294. The molecule has 0 atom stereocenters. The van der Waals surface area contributed by atoms with E-state index in [1.165, 1.54) is 0 Å². The molecule has 0 amide bonds. The molecule has 0 saturated carbocycles. The lowest BCUT2D eigenvalue weighted by Crippen LogP contribution is -2.21. The van der Waals surface area contributed by atoms with Crippen LogP contribution in [0, 0.1) is 6.92 Å². The van der Waals surface area contributed by atoms with Gasteiger partial charge in [0, 0.05) is 11.8 Å². The van der Waals surface area contributed by atoms with Gasteiger partial charge >= 0.3 is 0 Å². The van der Waals surface area contributed by atoms with Gasteiger partial charge in [0.25, 0.3) is 5.56 Å². The third-order valence-electron chi connectivity index (χ3n) is 2.83. The van der Waals surface area contributed by atoms with Crippen molar-refractivity contribution in [2.24, 2.45) is 0 Å². The molecule has 0 spiro atoms. The van der Waals surface area contributed by atoms with Crippen LogP contribution in [-0.4, -0.2) is 9.55 Å². The molecular weight excluding hydrogens is 260 g/mol. The summed E-state index contributed by atoms with van der Waals surface area (Å²) in [5.74, 6) is 0.603. The number of oxazole rings is 1. The lowest BCUT2D eigenvalue weighted by molar-refractivity contribution is 0.572. The van der Waals surface area contributed by atoms with Crippen molar-refractivity contribution in [3.05, 3.63) is 63.7 Å². The van der Waals surface area contributed by atoms with Crippen LogP contribution in [0.2, 0.25) is 0 Å². The van der Waals surface area contributed by atoms with Crippen LogP contribution in [0.4, 0.5) is 0 Å². The second kappa shape index (κ2) is 4.85. The van der Waals surface area contributed by atoms with Gasteiger partial charge in [-0.2, -0.15) is 0 Å². The molecule has 0 unspecified atom stereocenters. The van der Waals surface area contributed by atoms with E-state index in [9.17, 15) is 4.79 Å². The van der Waals surface area contributed by atoms with E-state index < -0.39 is 0 Å². The molecule has 96 valence electrons. The van der Waals surface area contributed by atoms with Crippen LogP contribution < -0.4 is 5.56 Å². The van der Waals surface area contributed by atoms with Gasteiger partial charge in [-0.25, -0.2) is 4.98 Å². The van der Waals surface area contributed by atoms with Gasteiger partial charge in [0.2, 0.25) is 5.89 Å². The summed E-state index contributed by atoms with van der Waals surface area (Å²) in [6.07, 6.45) is 3.36. The molecule has 3 heterocycles. The topological polar surface area (TPSA) is 48.0 Å². The highest BCUT2D eigenvalue weighted by Gasteiger charge is 2.08. The molecule has 0 fully saturated rings. The molecular formula is C14H12N2O2S. The van der Waals surface area contributed by atoms with Crippen LogP contribution in [0.25, 0.3) is 10.8 Å². The zero-order valence-electron chi connectivity index (χ0n) is 10.4. The van der Waals surface area contributed by atoms with Crippen LogP contribution in [-0.2, 0) is 6.54 Å². The largest absolute Gasteiger partial charge is 0.443 e. The molecule has 4 nitrogen and oxygen atoms in total. The average Bonchev–Trinajstić information content (AvgIpc) is 3.05. The average molecular weight is 272 g/mol. The van der Waals surface area contributed by atoms with Gasteiger partial charge in [-0.3, -0.25) is 4.79 Å². The van der Waals surface area contributed by atoms with Crippen molar-refractivity contribution in [1.82, 2.24) is 9.55 Å². The first-order valence-electron chi connectivity index (χ1n) is 5.88. The van der Waals surface area contributed by atoms with Gasteiger partial charge in [0.15, 0.2) is 0 Å². The molecule has 0 aliphatic rings. The molecule has 0 saturated heterocycles. The Kier molecular flexibility index (Phi) is 3.05. The van der Waals surface area contributed by atoms with E-state index >= 15 is 0 Å². The Balaban J connectivity index is 1.88. The van der Waals surface area contributed by atoms with Crippen molar-refractivity contribution in [2.75, 3.05) is 0 Å². The fourth-order valence-corrected chi connectivity index (χ4v) is 2.50. The Morgan fingerprint density at radius 2 is 2.26 bits per heavy atom. The van der Waals surface area contributed by atoms with Crippen molar-refractivity contribution >= 4 is 11.3 Å². The van der Waals surface area contributed by atoms with Crippen LogP contribution in [0.5, 0.6) is 0 Å². The third-order valence-corrected chi connectivity index (χ3v) is 3.68. The molecule has 0 aliphatic carbocycles. The van der Waals surface area contributed by atoms with Gasteiger partial charge in [-0.05, 0) is 24.4 Å². The highest BCUT2D eigenvalue weighted by atomic mass is 32.1. The van der Waals surface area contributed by atoms with Gasteiger partial charge in [0.1, 0.15) is 6.26 Å². The highest BCUT2D eigenvalue weighted by molar-refractivity contribution is 7.13. The Morgan fingerprint density at radius 1 is 1.37 bits per heavy atom. The van der Waals surface area contributed by atoms with Crippen LogP contribution in [0.3, 0.4) is 0 Å². The minimum Gasteiger partial charge on any atom is -0.443 e. The maximum Gasteiger partial charge on any atom is 0.253 e. The van der Waals surface area contributed by atoms with E-state index in [1.807, 2.05) is 23.6 Å². The van der Waals surface area contributed by atoms with Crippen LogP contribution in [0.15, 0.2) is 51.3 Å². The van der Waals surface area contributed by atoms with Gasteiger partial charge in [-0.15, -0.1) is 11.3 Å². The third kappa shape index (κ3) is 2.37. The first kappa shape index (κ1) is 11.9. The monoisotopic (exact) mass is 272 g/mol. The number of hydrogen-bond donors (Lipinski definition) is 0. The normalized spacial score (nSPS) is 10.8. The SMILES string of the molecule is Cc1cccn(Cc2coc(-c3cccs3)n2)c1=O. The molecule has 5 heteroatoms. The maximum atomic E-state index is 11.9. The Bertz CT molecular complexity index is 741. The number of aryl methyl sites for hydroxylation is 1. The number of nitrogens with zero attached hydrogens (tertiary/aromatic N) is 2. The highest BCUT2D eigenvalue weighted by Crippen LogP contribution is 2.23. The number of aromatic nitrogens is 2. The number of thiophene rings is 1. The van der Waals surface area contributed by atoms with E-state index in [0.29, 0.717) is 12.4 Å². The molecule has 3 aromatic heterocycles. The summed E-state index contributed by atoms with van der Waals surface area (Å²) >= 11 is 1.58. The fraction of sp³-hybridized carbons (Fsp3) is 0.143. The van der Waals surface area contributed by atoms with Crippen molar-refractivity contribution in [2.45, 2.75) is 13.5 Å². The summed E-state index contributed by atoms with van der Waals surface area (Å²) in [6.45, 7) is 2.23. The van der Waals surface area contributed by atoms with Crippen molar-refractivity contribution in [3.8, 4) is 10.8 Å². The Labute approximate surface area is 114 Å². The molecule has 3 aromatic rings. The summed E-state index contributed by atoms with van der Waals surface area (Å²) in [5, 5.41) is 1.98. The first-order chi connectivity index (χ1) is 9.24. The maximum absolute atomic E-state index is 11.9. The molecule has 0 aliphatic heterocycles. The predicted molar refractivity (Wildman–Crippen MR) is 74.4 cm³/mol. The van der Waals surface area contributed by atoms with E-state index in [1.54, 1.807) is 41.4 Å². The lowest BCUT2D eigenvalue weighted by atomic mass is 10.3. The van der Waals surface area contributed by atoms with Gasteiger partial charge in [-0.1, -0.05) is 12.1 Å². The summed E-state index contributed by atoms with van der Waals surface area (Å²) in [5.41, 5.74) is 1.48. The van der Waals surface area contributed by atoms with E-state index in [0.717, 1.165) is 16.1 Å². The predicted octanol–water partition coefficient (Wildman–Crippen LogP) is 2.92. The molecule has 3 rings (SSSR count). The second-order valence-electron chi connectivity index (χ2n) is 4.25. The Morgan fingerprint density at radius 3 is 3.05 bits per heavy atom. The molecule has 0 radical (unpaired) electrons. The standard InChI is InChI=1S/C14H12N2O2S/c1-10-4-2-6-16(14(10)17)8-11-9-18-13(15-11)12-5-3-7-19-12/h2-7,9H,8H2,1H3. The summed E-state index contributed by atoms with van der Waals surface area (Å²) in [7, 11) is 0. The van der Waals surface area contributed by atoms with Crippen LogP contribution in [0.1, 0.15) is 11.3 Å². The van der Waals surface area contributed by atoms with E-state index in [4.69, 9.17) is 4.42 Å². The number of rotatable bonds is 3. The Hall–Kier alpha value is -2.14. The van der Waals surface area contributed by atoms with Gasteiger partial charge in [0.05, 0.1) is 17.1 Å². The van der Waals surface area contributed by atoms with Crippen LogP contribution >= 0.6 is 11.3 Å². The van der Waals surface area contributed by atoms with Crippen molar-refractivity contribution in [3.63, 3.8) is 0 Å². The number of hydrogen-bond acceptors (Lipinski definition) is 4. The molecule has 19 heavy (non-hydrogen) atoms. The minimum absolute atomic E-state index is 0.00294. The fourth-order valence-electron chi connectivity index (χ4n) is 1.85. The first-order valence-corrected chi connectivity index (χ1v) is 6.76. The summed E-state index contributed by atoms with van der Waals surface area (Å²) < 4.78 is 7.07. The lowest BCUT2D eigenvalue weighted by Gasteiger charge is -2.02. The molecule has 0 bridgehead atoms. The number of pyridine rings is 1. The summed E-state index contributed by atoms with van der Waals surface area (Å²) in [4.78, 5) is 17.3. The van der Waals surface area contributed by atoms with Crippen molar-refractivity contribution < 1.29 is 4.42 Å². The smallest absolute Gasteiger partial charge is 0.253 e. The molecule has 0 N–H and O–H groups in total. The van der Waals surface area contributed by atoms with E-state index in [-0.39, 0.29) is 5.56 Å². The van der Waals surface area contributed by atoms with Gasteiger partial charge < -0.3 is 8.98 Å². The van der Waals surface area contributed by atoms with Crippen molar-refractivity contribution in [1.29, 1.82) is 0 Å².